The van der Waals surface area contributed by atoms with Crippen LogP contribution in [0.25, 0.3) is 16.6 Å². The van der Waals surface area contributed by atoms with Gasteiger partial charge in [0.2, 0.25) is 5.95 Å². The highest BCUT2D eigenvalue weighted by Gasteiger charge is 2.15. The van der Waals surface area contributed by atoms with Crippen molar-refractivity contribution in [1.82, 2.24) is 14.4 Å². The van der Waals surface area contributed by atoms with Crippen LogP contribution in [0.2, 0.25) is 0 Å². The molecule has 2 aromatic heterocycles. The van der Waals surface area contributed by atoms with Gasteiger partial charge < -0.3 is 19.5 Å². The summed E-state index contributed by atoms with van der Waals surface area (Å²) < 4.78 is 18.3. The van der Waals surface area contributed by atoms with Gasteiger partial charge in [0, 0.05) is 36.2 Å². The molecule has 0 aliphatic carbocycles. The number of ether oxygens (including phenoxy) is 3. The number of imidazole rings is 1. The normalized spacial score (nSPS) is 10.9. The molecule has 0 bridgehead atoms. The topological polar surface area (TPSA) is 69.9 Å². The first-order valence-corrected chi connectivity index (χ1v) is 9.58. The van der Waals surface area contributed by atoms with Gasteiger partial charge in [-0.25, -0.2) is 9.97 Å². The molecule has 0 saturated heterocycles. The molecule has 0 aliphatic heterocycles. The van der Waals surface area contributed by atoms with Crippen molar-refractivity contribution in [3.63, 3.8) is 0 Å². The standard InChI is InChI=1S/C23H24N4O3/c1-5-7-16-14-27-22(25-16)18-8-6-9-19(29-3)21(18)26-23(27)24-13-15-10-11-17(28-2)12-20(15)30-4/h5-6,8-12,14H,1,7,13H2,2-4H3,(H,24,26). The number of para-hydroxylation sites is 1. The van der Waals surface area contributed by atoms with Crippen molar-refractivity contribution < 1.29 is 14.2 Å². The van der Waals surface area contributed by atoms with Crippen molar-refractivity contribution in [1.29, 1.82) is 0 Å². The minimum Gasteiger partial charge on any atom is -0.497 e. The van der Waals surface area contributed by atoms with E-state index in [2.05, 4.69) is 11.9 Å². The van der Waals surface area contributed by atoms with Crippen LogP contribution < -0.4 is 19.5 Å². The maximum absolute atomic E-state index is 5.53. The van der Waals surface area contributed by atoms with E-state index in [4.69, 9.17) is 24.2 Å². The lowest BCUT2D eigenvalue weighted by Gasteiger charge is -2.14. The lowest BCUT2D eigenvalue weighted by atomic mass is 10.2. The Morgan fingerprint density at radius 3 is 2.60 bits per heavy atom. The summed E-state index contributed by atoms with van der Waals surface area (Å²) in [4.78, 5) is 9.64. The second-order valence-electron chi connectivity index (χ2n) is 6.74. The zero-order chi connectivity index (χ0) is 21.1. The van der Waals surface area contributed by atoms with Crippen LogP contribution in [-0.2, 0) is 13.0 Å². The number of hydrogen-bond donors (Lipinski definition) is 1. The summed E-state index contributed by atoms with van der Waals surface area (Å²) in [5, 5.41) is 4.35. The van der Waals surface area contributed by atoms with Gasteiger partial charge in [0.15, 0.2) is 0 Å². The fourth-order valence-corrected chi connectivity index (χ4v) is 3.47. The predicted molar refractivity (Wildman–Crippen MR) is 118 cm³/mol. The summed E-state index contributed by atoms with van der Waals surface area (Å²) in [6.07, 6.45) is 4.50. The molecule has 1 N–H and O–H groups in total. The Hall–Kier alpha value is -3.74. The fourth-order valence-electron chi connectivity index (χ4n) is 3.47. The minimum absolute atomic E-state index is 0.519. The molecule has 2 aromatic carbocycles. The van der Waals surface area contributed by atoms with Crippen LogP contribution in [0.3, 0.4) is 0 Å². The molecule has 0 unspecified atom stereocenters. The Bertz CT molecular complexity index is 1220. The van der Waals surface area contributed by atoms with Gasteiger partial charge >= 0.3 is 0 Å². The van der Waals surface area contributed by atoms with Gasteiger partial charge in [0.25, 0.3) is 0 Å². The number of hydrogen-bond acceptors (Lipinski definition) is 6. The van der Waals surface area contributed by atoms with Crippen molar-refractivity contribution >= 4 is 22.5 Å². The lowest BCUT2D eigenvalue weighted by Crippen LogP contribution is -2.08. The van der Waals surface area contributed by atoms with Gasteiger partial charge in [0.05, 0.1) is 27.0 Å². The number of nitrogens with one attached hydrogen (secondary N) is 1. The Morgan fingerprint density at radius 2 is 1.87 bits per heavy atom. The molecule has 154 valence electrons. The van der Waals surface area contributed by atoms with E-state index in [1.54, 1.807) is 21.3 Å². The van der Waals surface area contributed by atoms with E-state index in [1.807, 2.05) is 53.1 Å². The SMILES string of the molecule is C=CCc1cn2c(NCc3ccc(OC)cc3OC)nc3c(OC)cccc3c2n1. The molecule has 0 saturated carbocycles. The number of benzene rings is 2. The van der Waals surface area contributed by atoms with Crippen LogP contribution in [0.15, 0.2) is 55.3 Å². The number of fused-ring (bicyclic) bond motifs is 3. The Morgan fingerprint density at radius 1 is 1.03 bits per heavy atom. The van der Waals surface area contributed by atoms with Crippen LogP contribution in [0.1, 0.15) is 11.3 Å². The van der Waals surface area contributed by atoms with Crippen molar-refractivity contribution in [3.8, 4) is 17.2 Å². The Labute approximate surface area is 174 Å². The third kappa shape index (κ3) is 3.50. The van der Waals surface area contributed by atoms with E-state index < -0.39 is 0 Å². The average Bonchev–Trinajstić information content (AvgIpc) is 3.21. The van der Waals surface area contributed by atoms with Crippen molar-refractivity contribution in [3.05, 3.63) is 66.5 Å². The highest BCUT2D eigenvalue weighted by atomic mass is 16.5. The summed E-state index contributed by atoms with van der Waals surface area (Å²) >= 11 is 0. The first-order valence-electron chi connectivity index (χ1n) is 9.58. The summed E-state index contributed by atoms with van der Waals surface area (Å²) in [5.41, 5.74) is 3.49. The van der Waals surface area contributed by atoms with Gasteiger partial charge in [-0.15, -0.1) is 6.58 Å². The molecule has 0 radical (unpaired) electrons. The summed E-state index contributed by atoms with van der Waals surface area (Å²) in [7, 11) is 4.92. The zero-order valence-corrected chi connectivity index (χ0v) is 17.3. The highest BCUT2D eigenvalue weighted by Crippen LogP contribution is 2.30. The monoisotopic (exact) mass is 404 g/mol. The van der Waals surface area contributed by atoms with E-state index in [0.29, 0.717) is 24.7 Å². The maximum atomic E-state index is 5.53. The summed E-state index contributed by atoms with van der Waals surface area (Å²) in [6.45, 7) is 4.34. The third-order valence-corrected chi connectivity index (χ3v) is 4.95. The number of rotatable bonds is 8. The van der Waals surface area contributed by atoms with Crippen LogP contribution in [0.4, 0.5) is 5.95 Å². The van der Waals surface area contributed by atoms with Crippen LogP contribution in [0, 0.1) is 0 Å². The first kappa shape index (κ1) is 19.6. The Kier molecular flexibility index (Phi) is 5.43. The largest absolute Gasteiger partial charge is 0.497 e. The molecule has 0 fully saturated rings. The summed E-state index contributed by atoms with van der Waals surface area (Å²) in [6, 6.07) is 11.6. The van der Waals surface area contributed by atoms with Crippen LogP contribution >= 0.6 is 0 Å². The van der Waals surface area contributed by atoms with Crippen molar-refractivity contribution in [2.24, 2.45) is 0 Å². The van der Waals surface area contributed by atoms with Gasteiger partial charge in [-0.3, -0.25) is 4.40 Å². The van der Waals surface area contributed by atoms with Crippen LogP contribution in [-0.4, -0.2) is 35.7 Å². The van der Waals surface area contributed by atoms with E-state index in [1.165, 1.54) is 0 Å². The molecule has 0 atom stereocenters. The number of methoxy groups -OCH3 is 3. The van der Waals surface area contributed by atoms with Gasteiger partial charge in [-0.05, 0) is 24.3 Å². The zero-order valence-electron chi connectivity index (χ0n) is 17.3. The quantitative estimate of drug-likeness (QED) is 0.443. The molecular formula is C23H24N4O3. The molecular weight excluding hydrogens is 380 g/mol. The van der Waals surface area contributed by atoms with Gasteiger partial charge in [-0.1, -0.05) is 12.1 Å². The van der Waals surface area contributed by atoms with E-state index >= 15 is 0 Å². The molecule has 0 amide bonds. The molecule has 7 nitrogen and oxygen atoms in total. The third-order valence-electron chi connectivity index (χ3n) is 4.95. The smallest absolute Gasteiger partial charge is 0.209 e. The van der Waals surface area contributed by atoms with Gasteiger partial charge in [-0.2, -0.15) is 0 Å². The molecule has 7 heteroatoms. The van der Waals surface area contributed by atoms with E-state index in [-0.39, 0.29) is 0 Å². The van der Waals surface area contributed by atoms with Crippen molar-refractivity contribution in [2.45, 2.75) is 13.0 Å². The number of anilines is 1. The Balaban J connectivity index is 1.80. The fraction of sp³-hybridized carbons (Fsp3) is 0.217. The number of nitrogens with zero attached hydrogens (tertiary/aromatic N) is 3. The highest BCUT2D eigenvalue weighted by molar-refractivity contribution is 5.96. The molecule has 4 aromatic rings. The van der Waals surface area contributed by atoms with E-state index in [0.717, 1.165) is 39.3 Å². The first-order chi connectivity index (χ1) is 14.7. The van der Waals surface area contributed by atoms with Crippen LogP contribution in [0.5, 0.6) is 17.2 Å². The lowest BCUT2D eigenvalue weighted by molar-refractivity contribution is 0.391. The molecule has 4 rings (SSSR count). The average molecular weight is 404 g/mol. The number of allylic oxidation sites excluding steroid dienone is 1. The number of aromatic nitrogens is 3. The molecule has 30 heavy (non-hydrogen) atoms. The summed E-state index contributed by atoms with van der Waals surface area (Å²) in [5.74, 6) is 2.86. The van der Waals surface area contributed by atoms with Gasteiger partial charge in [0.1, 0.15) is 28.4 Å². The van der Waals surface area contributed by atoms with E-state index in [9.17, 15) is 0 Å². The second-order valence-corrected chi connectivity index (χ2v) is 6.74. The minimum atomic E-state index is 0.519. The maximum Gasteiger partial charge on any atom is 0.209 e. The molecule has 0 aliphatic rings. The second kappa shape index (κ2) is 8.32. The predicted octanol–water partition coefficient (Wildman–Crippen LogP) is 4.25. The molecule has 0 spiro atoms. The molecule has 2 heterocycles. The van der Waals surface area contributed by atoms with Crippen molar-refractivity contribution in [2.75, 3.05) is 26.6 Å².